The number of benzene rings is 2. The average molecular weight is 483 g/mol. The molecule has 0 aromatic heterocycles. The number of anilines is 1. The van der Waals surface area contributed by atoms with Crippen molar-refractivity contribution in [2.45, 2.75) is 38.3 Å². The van der Waals surface area contributed by atoms with Crippen LogP contribution >= 0.6 is 0 Å². The molecule has 2 aliphatic heterocycles. The Labute approximate surface area is 204 Å². The number of urea groups is 1. The summed E-state index contributed by atoms with van der Waals surface area (Å²) < 4.78 is 18.9. The second-order valence-corrected chi connectivity index (χ2v) is 8.97. The number of halogens is 1. The van der Waals surface area contributed by atoms with Gasteiger partial charge >= 0.3 is 6.03 Å². The van der Waals surface area contributed by atoms with E-state index in [2.05, 4.69) is 15.5 Å². The van der Waals surface area contributed by atoms with Crippen LogP contribution < -0.4 is 10.6 Å². The van der Waals surface area contributed by atoms with E-state index in [9.17, 15) is 18.8 Å². The number of carbonyl (C=O) groups excluding carboxylic acids is 3. The van der Waals surface area contributed by atoms with E-state index in [1.807, 2.05) is 31.2 Å². The zero-order valence-corrected chi connectivity index (χ0v) is 19.9. The van der Waals surface area contributed by atoms with Gasteiger partial charge in [-0.25, -0.2) is 9.18 Å². The Hall–Kier alpha value is -3.30. The van der Waals surface area contributed by atoms with Crippen LogP contribution in [0.1, 0.15) is 37.3 Å². The molecule has 0 bridgehead atoms. The number of carbonyl (C=O) groups is 3. The maximum Gasteiger partial charge on any atom is 0.325 e. The maximum absolute atomic E-state index is 13.5. The first-order valence-corrected chi connectivity index (χ1v) is 12.0. The molecule has 0 radical (unpaired) electrons. The molecule has 2 fully saturated rings. The number of ether oxygens (including phenoxy) is 1. The van der Waals surface area contributed by atoms with Crippen LogP contribution in [0.3, 0.4) is 0 Å². The number of amides is 4. The second-order valence-electron chi connectivity index (χ2n) is 8.97. The number of unbranched alkanes of at least 4 members (excludes halogenated alkanes) is 1. The monoisotopic (exact) mass is 482 g/mol. The van der Waals surface area contributed by atoms with Gasteiger partial charge in [0.05, 0.1) is 13.2 Å². The van der Waals surface area contributed by atoms with Gasteiger partial charge in [-0.2, -0.15) is 0 Å². The summed E-state index contributed by atoms with van der Waals surface area (Å²) in [4.78, 5) is 42.1. The van der Waals surface area contributed by atoms with Crippen LogP contribution in [0.15, 0.2) is 48.5 Å². The second kappa shape index (κ2) is 11.0. The van der Waals surface area contributed by atoms with E-state index < -0.39 is 35.7 Å². The fourth-order valence-electron chi connectivity index (χ4n) is 4.51. The molecule has 186 valence electrons. The van der Waals surface area contributed by atoms with Crippen LogP contribution in [0.5, 0.6) is 0 Å². The summed E-state index contributed by atoms with van der Waals surface area (Å²) in [6, 6.07) is 12.4. The quantitative estimate of drug-likeness (QED) is 0.536. The Balaban J connectivity index is 1.40. The SMILES string of the molecule is CCCC[C@@]1(c2ccc(F)cc2)NC(=O)N(CC(=O)Nc2ccc(CN3CCOCC3)cc2)C1=O. The van der Waals surface area contributed by atoms with Crippen LogP contribution in [0.25, 0.3) is 0 Å². The summed E-state index contributed by atoms with van der Waals surface area (Å²) in [6.07, 6.45) is 1.86. The molecule has 9 heteroatoms. The first-order valence-electron chi connectivity index (χ1n) is 12.0. The number of hydrogen-bond donors (Lipinski definition) is 2. The van der Waals surface area contributed by atoms with Crippen molar-refractivity contribution in [1.29, 1.82) is 0 Å². The van der Waals surface area contributed by atoms with Crippen LogP contribution in [-0.2, 0) is 26.4 Å². The number of hydrogen-bond acceptors (Lipinski definition) is 5. The minimum Gasteiger partial charge on any atom is -0.379 e. The summed E-state index contributed by atoms with van der Waals surface area (Å²) in [5.41, 5.74) is 0.911. The highest BCUT2D eigenvalue weighted by Crippen LogP contribution is 2.34. The van der Waals surface area contributed by atoms with Gasteiger partial charge in [0.25, 0.3) is 5.91 Å². The fraction of sp³-hybridized carbons (Fsp3) is 0.423. The van der Waals surface area contributed by atoms with Crippen molar-refractivity contribution in [3.63, 3.8) is 0 Å². The normalized spacial score (nSPS) is 20.7. The number of morpholine rings is 1. The third-order valence-corrected chi connectivity index (χ3v) is 6.47. The molecule has 0 spiro atoms. The lowest BCUT2D eigenvalue weighted by Gasteiger charge is -2.27. The standard InChI is InChI=1S/C26H31FN4O4/c1-2-3-12-26(20-6-8-21(27)9-7-20)24(33)31(25(34)29-26)18-23(32)28-22-10-4-19(5-11-22)17-30-13-15-35-16-14-30/h4-11H,2-3,12-18H2,1H3,(H,28,32)(H,29,34)/t26-/m0/s1. The van der Waals surface area contributed by atoms with Crippen LogP contribution in [0, 0.1) is 5.82 Å². The highest BCUT2D eigenvalue weighted by molar-refractivity contribution is 6.10. The molecule has 4 rings (SSSR count). The molecule has 2 heterocycles. The third kappa shape index (κ3) is 5.68. The molecule has 8 nitrogen and oxygen atoms in total. The van der Waals surface area contributed by atoms with Crippen LogP contribution in [0.2, 0.25) is 0 Å². The molecule has 0 saturated carbocycles. The Bertz CT molecular complexity index is 1050. The summed E-state index contributed by atoms with van der Waals surface area (Å²) in [5.74, 6) is -1.40. The molecule has 0 aliphatic carbocycles. The Morgan fingerprint density at radius 3 is 2.43 bits per heavy atom. The van der Waals surface area contributed by atoms with Crippen LogP contribution in [0.4, 0.5) is 14.9 Å². The van der Waals surface area contributed by atoms with Gasteiger partial charge in [-0.15, -0.1) is 0 Å². The van der Waals surface area contributed by atoms with E-state index in [0.29, 0.717) is 24.1 Å². The summed E-state index contributed by atoms with van der Waals surface area (Å²) >= 11 is 0. The summed E-state index contributed by atoms with van der Waals surface area (Å²) in [7, 11) is 0. The largest absolute Gasteiger partial charge is 0.379 e. The zero-order valence-electron chi connectivity index (χ0n) is 19.9. The molecule has 35 heavy (non-hydrogen) atoms. The fourth-order valence-corrected chi connectivity index (χ4v) is 4.51. The summed E-state index contributed by atoms with van der Waals surface area (Å²) in [6.45, 7) is 5.63. The lowest BCUT2D eigenvalue weighted by atomic mass is 9.85. The summed E-state index contributed by atoms with van der Waals surface area (Å²) in [5, 5.41) is 5.54. The van der Waals surface area contributed by atoms with E-state index in [-0.39, 0.29) is 0 Å². The smallest absolute Gasteiger partial charge is 0.325 e. The first kappa shape index (κ1) is 24.8. The topological polar surface area (TPSA) is 91.0 Å². The van der Waals surface area contributed by atoms with Crippen molar-refractivity contribution < 1.29 is 23.5 Å². The van der Waals surface area contributed by atoms with Crippen molar-refractivity contribution in [3.8, 4) is 0 Å². The van der Waals surface area contributed by atoms with Gasteiger partial charge < -0.3 is 15.4 Å². The third-order valence-electron chi connectivity index (χ3n) is 6.47. The Kier molecular flexibility index (Phi) is 7.77. The molecule has 2 aromatic carbocycles. The minimum atomic E-state index is -1.30. The van der Waals surface area contributed by atoms with Crippen molar-refractivity contribution in [1.82, 2.24) is 15.1 Å². The molecule has 2 saturated heterocycles. The average Bonchev–Trinajstić information content (AvgIpc) is 3.10. The van der Waals surface area contributed by atoms with Gasteiger partial charge in [0.2, 0.25) is 5.91 Å². The number of nitrogens with one attached hydrogen (secondary N) is 2. The molecule has 2 N–H and O–H groups in total. The van der Waals surface area contributed by atoms with E-state index in [1.165, 1.54) is 24.3 Å². The molecule has 0 unspecified atom stereocenters. The van der Waals surface area contributed by atoms with Gasteiger partial charge in [-0.3, -0.25) is 19.4 Å². The highest BCUT2D eigenvalue weighted by Gasteiger charge is 2.52. The van der Waals surface area contributed by atoms with Gasteiger partial charge in [-0.1, -0.05) is 44.0 Å². The van der Waals surface area contributed by atoms with Crippen molar-refractivity contribution >= 4 is 23.5 Å². The van der Waals surface area contributed by atoms with E-state index in [0.717, 1.165) is 49.7 Å². The maximum atomic E-state index is 13.5. The van der Waals surface area contributed by atoms with Gasteiger partial charge in [0.15, 0.2) is 0 Å². The molecular formula is C26H31FN4O4. The predicted molar refractivity (Wildman–Crippen MR) is 129 cm³/mol. The van der Waals surface area contributed by atoms with Gasteiger partial charge in [-0.05, 0) is 41.8 Å². The lowest BCUT2D eigenvalue weighted by molar-refractivity contribution is -0.134. The first-order chi connectivity index (χ1) is 16.9. The number of nitrogens with zero attached hydrogens (tertiary/aromatic N) is 2. The molecule has 2 aliphatic rings. The minimum absolute atomic E-state index is 0.364. The van der Waals surface area contributed by atoms with E-state index >= 15 is 0 Å². The van der Waals surface area contributed by atoms with Crippen molar-refractivity contribution in [2.24, 2.45) is 0 Å². The number of rotatable bonds is 9. The van der Waals surface area contributed by atoms with Gasteiger partial charge in [0.1, 0.15) is 17.9 Å². The number of imide groups is 1. The highest BCUT2D eigenvalue weighted by atomic mass is 19.1. The van der Waals surface area contributed by atoms with Crippen molar-refractivity contribution in [2.75, 3.05) is 38.2 Å². The van der Waals surface area contributed by atoms with Gasteiger partial charge in [0, 0.05) is 25.3 Å². The molecule has 2 aromatic rings. The molecule has 4 amide bonds. The zero-order chi connectivity index (χ0) is 24.8. The molecule has 1 atom stereocenters. The Morgan fingerprint density at radius 2 is 1.77 bits per heavy atom. The molecular weight excluding hydrogens is 451 g/mol. The predicted octanol–water partition coefficient (Wildman–Crippen LogP) is 3.23. The lowest BCUT2D eigenvalue weighted by Crippen LogP contribution is -2.44. The van der Waals surface area contributed by atoms with E-state index in [4.69, 9.17) is 4.74 Å². The van der Waals surface area contributed by atoms with Crippen LogP contribution in [-0.4, -0.2) is 60.5 Å². The van der Waals surface area contributed by atoms with E-state index in [1.54, 1.807) is 0 Å². The van der Waals surface area contributed by atoms with Crippen molar-refractivity contribution in [3.05, 3.63) is 65.5 Å². The Morgan fingerprint density at radius 1 is 1.09 bits per heavy atom.